The molecule has 3 aromatic rings. The number of rotatable bonds is 7. The number of esters is 1. The van der Waals surface area contributed by atoms with E-state index in [2.05, 4.69) is 0 Å². The third-order valence-corrected chi connectivity index (χ3v) is 5.88. The zero-order valence-corrected chi connectivity index (χ0v) is 20.2. The van der Waals surface area contributed by atoms with Gasteiger partial charge in [0, 0.05) is 6.07 Å². The number of hydrogen-bond donors (Lipinski definition) is 8. The van der Waals surface area contributed by atoms with Crippen LogP contribution in [0.5, 0.6) is 34.5 Å². The molecule has 5 atom stereocenters. The van der Waals surface area contributed by atoms with E-state index in [1.807, 2.05) is 0 Å². The van der Waals surface area contributed by atoms with Crippen LogP contribution in [0.15, 0.2) is 54.6 Å². The topological polar surface area (TPSA) is 207 Å². The van der Waals surface area contributed by atoms with E-state index >= 15 is 0 Å². The summed E-state index contributed by atoms with van der Waals surface area (Å²) in [5.74, 6) is -3.24. The number of aliphatic hydroxyl groups is 3. The number of aliphatic hydroxyl groups excluding tert-OH is 3. The Morgan fingerprint density at radius 3 is 1.97 bits per heavy atom. The largest absolute Gasteiger partial charge is 0.508 e. The molecule has 0 radical (unpaired) electrons. The van der Waals surface area contributed by atoms with Gasteiger partial charge < -0.3 is 55.1 Å². The Morgan fingerprint density at radius 2 is 1.36 bits per heavy atom. The first-order valence-corrected chi connectivity index (χ1v) is 11.6. The summed E-state index contributed by atoms with van der Waals surface area (Å²) in [7, 11) is 0. The number of ether oxygens (including phenoxy) is 3. The molecule has 0 saturated carbocycles. The molecule has 1 aliphatic rings. The van der Waals surface area contributed by atoms with Crippen molar-refractivity contribution in [1.82, 2.24) is 0 Å². The zero-order valence-electron chi connectivity index (χ0n) is 20.2. The average Bonchev–Trinajstić information content (AvgIpc) is 2.90. The van der Waals surface area contributed by atoms with Crippen molar-refractivity contribution in [3.63, 3.8) is 0 Å². The van der Waals surface area contributed by atoms with Crippen molar-refractivity contribution in [1.29, 1.82) is 0 Å². The highest BCUT2D eigenvalue weighted by Crippen LogP contribution is 2.35. The van der Waals surface area contributed by atoms with Gasteiger partial charge in [-0.05, 0) is 47.5 Å². The van der Waals surface area contributed by atoms with Crippen molar-refractivity contribution >= 4 is 18.1 Å². The van der Waals surface area contributed by atoms with Crippen LogP contribution in [0.3, 0.4) is 0 Å². The maximum atomic E-state index is 12.3. The molecule has 39 heavy (non-hydrogen) atoms. The van der Waals surface area contributed by atoms with Gasteiger partial charge in [-0.15, -0.1) is 0 Å². The Balaban J connectivity index is 1.38. The molecule has 0 spiro atoms. The minimum absolute atomic E-state index is 0.0799. The lowest BCUT2D eigenvalue weighted by atomic mass is 9.99. The van der Waals surface area contributed by atoms with Crippen molar-refractivity contribution in [2.75, 3.05) is 6.61 Å². The van der Waals surface area contributed by atoms with Crippen LogP contribution >= 0.6 is 0 Å². The molecule has 1 fully saturated rings. The molecule has 0 unspecified atom stereocenters. The van der Waals surface area contributed by atoms with Crippen LogP contribution in [-0.4, -0.2) is 84.1 Å². The van der Waals surface area contributed by atoms with Crippen LogP contribution in [0.1, 0.15) is 21.5 Å². The van der Waals surface area contributed by atoms with E-state index in [4.69, 9.17) is 14.2 Å². The van der Waals surface area contributed by atoms with E-state index in [0.29, 0.717) is 5.56 Å². The predicted octanol–water partition coefficient (Wildman–Crippen LogP) is 1.43. The Bertz CT molecular complexity index is 1310. The van der Waals surface area contributed by atoms with Gasteiger partial charge in [-0.1, -0.05) is 24.3 Å². The minimum Gasteiger partial charge on any atom is -0.508 e. The molecule has 12 nitrogen and oxygen atoms in total. The second-order valence-corrected chi connectivity index (χ2v) is 8.78. The lowest BCUT2D eigenvalue weighted by Crippen LogP contribution is -2.60. The number of carbonyl (C=O) groups excluding carboxylic acids is 1. The maximum absolute atomic E-state index is 12.3. The molecule has 0 bridgehead atoms. The first kappa shape index (κ1) is 27.5. The number of hydrogen-bond acceptors (Lipinski definition) is 12. The Kier molecular flexibility index (Phi) is 8.12. The summed E-state index contributed by atoms with van der Waals surface area (Å²) in [6, 6.07) is 12.4. The SMILES string of the molecule is O=C(OC[C@H]1O[C@@H](Oc2ccc(/C=C/c3cc(O)cc(O)c3)cc2)[C@H](O)[C@H](O)[C@@H]1O)c1cc(O)c(O)c(O)c1. The normalized spacial score (nSPS) is 23.0. The maximum Gasteiger partial charge on any atom is 0.338 e. The fraction of sp³-hybridized carbons (Fsp3) is 0.222. The quantitative estimate of drug-likeness (QED) is 0.121. The average molecular weight is 542 g/mol. The highest BCUT2D eigenvalue weighted by atomic mass is 16.7. The van der Waals surface area contributed by atoms with E-state index in [1.54, 1.807) is 36.4 Å². The summed E-state index contributed by atoms with van der Waals surface area (Å²) in [6.07, 6.45) is -4.33. The fourth-order valence-electron chi connectivity index (χ4n) is 3.81. The summed E-state index contributed by atoms with van der Waals surface area (Å²) in [5.41, 5.74) is 1.02. The van der Waals surface area contributed by atoms with Crippen molar-refractivity contribution in [3.05, 3.63) is 71.3 Å². The highest BCUT2D eigenvalue weighted by Gasteiger charge is 2.45. The number of carbonyl (C=O) groups is 1. The van der Waals surface area contributed by atoms with Gasteiger partial charge >= 0.3 is 5.97 Å². The van der Waals surface area contributed by atoms with Gasteiger partial charge in [-0.2, -0.15) is 0 Å². The first-order chi connectivity index (χ1) is 18.5. The monoisotopic (exact) mass is 542 g/mol. The minimum atomic E-state index is -1.70. The van der Waals surface area contributed by atoms with Crippen molar-refractivity contribution in [3.8, 4) is 34.5 Å². The number of aromatic hydroxyl groups is 5. The fourth-order valence-corrected chi connectivity index (χ4v) is 3.81. The first-order valence-electron chi connectivity index (χ1n) is 11.6. The van der Waals surface area contributed by atoms with Crippen LogP contribution in [0, 0.1) is 0 Å². The van der Waals surface area contributed by atoms with Crippen molar-refractivity contribution < 1.29 is 59.9 Å². The van der Waals surface area contributed by atoms with Gasteiger partial charge in [0.25, 0.3) is 0 Å². The zero-order chi connectivity index (χ0) is 28.3. The molecular formula is C27H26O12. The summed E-state index contributed by atoms with van der Waals surface area (Å²) < 4.78 is 16.2. The van der Waals surface area contributed by atoms with Crippen LogP contribution in [-0.2, 0) is 9.47 Å². The summed E-state index contributed by atoms with van der Waals surface area (Å²) in [4.78, 5) is 12.3. The van der Waals surface area contributed by atoms with Gasteiger partial charge in [-0.3, -0.25) is 0 Å². The number of benzene rings is 3. The third kappa shape index (κ3) is 6.51. The summed E-state index contributed by atoms with van der Waals surface area (Å²) >= 11 is 0. The molecule has 206 valence electrons. The van der Waals surface area contributed by atoms with Crippen molar-refractivity contribution in [2.45, 2.75) is 30.7 Å². The Hall–Kier alpha value is -4.49. The standard InChI is InChI=1S/C27H26O12/c28-16-7-14(8-17(29)11-16)2-1-13-3-5-18(6-4-13)38-27-25(35)24(34)23(33)21(39-27)12-37-26(36)15-9-19(30)22(32)20(31)10-15/h1-11,21,23-25,27-35H,12H2/b2-1+/t21-,23-,24-,25-,27-/m1/s1. The van der Waals surface area contributed by atoms with Crippen molar-refractivity contribution in [2.24, 2.45) is 0 Å². The second kappa shape index (κ2) is 11.5. The lowest BCUT2D eigenvalue weighted by molar-refractivity contribution is -0.277. The van der Waals surface area contributed by atoms with Crippen LogP contribution in [0.25, 0.3) is 12.2 Å². The molecule has 0 aromatic heterocycles. The molecule has 12 heteroatoms. The van der Waals surface area contributed by atoms with Crippen LogP contribution in [0.4, 0.5) is 0 Å². The molecule has 3 aromatic carbocycles. The molecule has 8 N–H and O–H groups in total. The van der Waals surface area contributed by atoms with E-state index in [1.165, 1.54) is 18.2 Å². The highest BCUT2D eigenvalue weighted by molar-refractivity contribution is 5.91. The molecular weight excluding hydrogens is 516 g/mol. The van der Waals surface area contributed by atoms with Crippen LogP contribution < -0.4 is 4.74 Å². The summed E-state index contributed by atoms with van der Waals surface area (Å²) in [5, 5.41) is 78.6. The molecule has 1 saturated heterocycles. The predicted molar refractivity (Wildman–Crippen MR) is 134 cm³/mol. The Labute approximate surface area is 221 Å². The number of phenolic OH excluding ortho intramolecular Hbond substituents is 5. The smallest absolute Gasteiger partial charge is 0.338 e. The molecule has 0 amide bonds. The van der Waals surface area contributed by atoms with E-state index < -0.39 is 60.5 Å². The molecule has 1 aliphatic heterocycles. The van der Waals surface area contributed by atoms with Gasteiger partial charge in [0.15, 0.2) is 17.2 Å². The van der Waals surface area contributed by atoms with Crippen LogP contribution in [0.2, 0.25) is 0 Å². The second-order valence-electron chi connectivity index (χ2n) is 8.78. The van der Waals surface area contributed by atoms with E-state index in [0.717, 1.165) is 17.7 Å². The molecule has 1 heterocycles. The van der Waals surface area contributed by atoms with E-state index in [9.17, 15) is 45.6 Å². The number of phenols is 5. The van der Waals surface area contributed by atoms with Gasteiger partial charge in [0.05, 0.1) is 5.56 Å². The van der Waals surface area contributed by atoms with E-state index in [-0.39, 0.29) is 22.8 Å². The van der Waals surface area contributed by atoms with Gasteiger partial charge in [0.1, 0.15) is 48.3 Å². The van der Waals surface area contributed by atoms with Gasteiger partial charge in [0.2, 0.25) is 6.29 Å². The van der Waals surface area contributed by atoms with Gasteiger partial charge in [-0.25, -0.2) is 4.79 Å². The molecule has 0 aliphatic carbocycles. The summed E-state index contributed by atoms with van der Waals surface area (Å²) in [6.45, 7) is -0.583. The lowest BCUT2D eigenvalue weighted by Gasteiger charge is -2.39. The molecule has 4 rings (SSSR count). The Morgan fingerprint density at radius 1 is 0.769 bits per heavy atom. The third-order valence-electron chi connectivity index (χ3n) is 5.88.